The zero-order valence-electron chi connectivity index (χ0n) is 11.9. The third-order valence-electron chi connectivity index (χ3n) is 2.60. The summed E-state index contributed by atoms with van der Waals surface area (Å²) in [5.41, 5.74) is 0. The van der Waals surface area contributed by atoms with E-state index in [9.17, 15) is 13.2 Å². The van der Waals surface area contributed by atoms with Crippen LogP contribution >= 0.6 is 27.3 Å². The van der Waals surface area contributed by atoms with Crippen LogP contribution in [0.25, 0.3) is 0 Å². The van der Waals surface area contributed by atoms with Crippen LogP contribution in [0.4, 0.5) is 0 Å². The fraction of sp³-hybridized carbons (Fsp3) is 0.583. The van der Waals surface area contributed by atoms with Crippen molar-refractivity contribution in [1.82, 2.24) is 9.62 Å². The number of hydrogen-bond acceptors (Lipinski definition) is 4. The molecule has 0 fully saturated rings. The molecule has 0 aliphatic rings. The van der Waals surface area contributed by atoms with E-state index in [1.807, 2.05) is 13.8 Å². The molecule has 0 unspecified atom stereocenters. The Balaban J connectivity index is 2.78. The molecule has 1 N–H and O–H groups in total. The number of rotatable bonds is 6. The van der Waals surface area contributed by atoms with E-state index in [1.54, 1.807) is 13.0 Å². The van der Waals surface area contributed by atoms with Gasteiger partial charge in [0.1, 0.15) is 0 Å². The molecule has 0 aliphatic heterocycles. The largest absolute Gasteiger partial charge is 0.355 e. The number of nitrogens with zero attached hydrogens (tertiary/aromatic N) is 1. The van der Waals surface area contributed by atoms with Crippen molar-refractivity contribution in [1.29, 1.82) is 0 Å². The second-order valence-electron chi connectivity index (χ2n) is 4.93. The lowest BCUT2D eigenvalue weighted by atomic mass is 10.2. The van der Waals surface area contributed by atoms with Crippen molar-refractivity contribution < 1.29 is 13.2 Å². The number of carbonyl (C=O) groups excluding carboxylic acids is 1. The Morgan fingerprint density at radius 2 is 2.10 bits per heavy atom. The molecule has 8 heteroatoms. The first-order valence-corrected chi connectivity index (χ1v) is 9.18. The Labute approximate surface area is 132 Å². The summed E-state index contributed by atoms with van der Waals surface area (Å²) in [4.78, 5) is 12.6. The maximum atomic E-state index is 12.4. The number of halogens is 1. The van der Waals surface area contributed by atoms with Gasteiger partial charge in [0.05, 0.1) is 15.2 Å². The number of hydrogen-bond donors (Lipinski definition) is 1. The van der Waals surface area contributed by atoms with Gasteiger partial charge >= 0.3 is 0 Å². The minimum atomic E-state index is -3.63. The van der Waals surface area contributed by atoms with Crippen LogP contribution in [0.3, 0.4) is 0 Å². The molecule has 1 heterocycles. The summed E-state index contributed by atoms with van der Waals surface area (Å²) in [5, 5.41) is 2.70. The number of thiophene rings is 1. The lowest BCUT2D eigenvalue weighted by molar-refractivity contribution is -0.121. The molecule has 1 amide bonds. The van der Waals surface area contributed by atoms with Crippen molar-refractivity contribution in [2.75, 3.05) is 20.1 Å². The monoisotopic (exact) mass is 382 g/mol. The number of nitrogens with one attached hydrogen (secondary N) is 1. The van der Waals surface area contributed by atoms with E-state index in [0.717, 1.165) is 8.09 Å². The van der Waals surface area contributed by atoms with Crippen molar-refractivity contribution in [3.8, 4) is 0 Å². The highest BCUT2D eigenvalue weighted by atomic mass is 79.9. The molecule has 0 saturated heterocycles. The molecule has 0 aromatic carbocycles. The van der Waals surface area contributed by atoms with Crippen LogP contribution < -0.4 is 5.32 Å². The first-order chi connectivity index (χ1) is 9.14. The van der Waals surface area contributed by atoms with Gasteiger partial charge in [-0.15, -0.1) is 11.3 Å². The van der Waals surface area contributed by atoms with Gasteiger partial charge < -0.3 is 5.32 Å². The Morgan fingerprint density at radius 3 is 2.55 bits per heavy atom. The fourth-order valence-electron chi connectivity index (χ4n) is 1.52. The molecule has 0 saturated carbocycles. The van der Waals surface area contributed by atoms with Crippen molar-refractivity contribution >= 4 is 43.2 Å². The van der Waals surface area contributed by atoms with Crippen molar-refractivity contribution in [3.05, 3.63) is 14.7 Å². The molecule has 0 atom stereocenters. The highest BCUT2D eigenvalue weighted by molar-refractivity contribution is 9.11. The van der Waals surface area contributed by atoms with Gasteiger partial charge in [-0.3, -0.25) is 4.79 Å². The lowest BCUT2D eigenvalue weighted by Crippen LogP contribution is -2.39. The van der Waals surface area contributed by atoms with Crippen LogP contribution in [0.5, 0.6) is 0 Å². The average Bonchev–Trinajstić information content (AvgIpc) is 2.66. The van der Waals surface area contributed by atoms with Gasteiger partial charge in [-0.25, -0.2) is 8.42 Å². The summed E-state index contributed by atoms with van der Waals surface area (Å²) >= 11 is 4.63. The van der Waals surface area contributed by atoms with Crippen molar-refractivity contribution in [2.24, 2.45) is 5.92 Å². The van der Waals surface area contributed by atoms with Gasteiger partial charge in [0, 0.05) is 18.5 Å². The molecule has 1 aromatic heterocycles. The highest BCUT2D eigenvalue weighted by Gasteiger charge is 2.26. The first-order valence-electron chi connectivity index (χ1n) is 6.13. The molecule has 0 aliphatic carbocycles. The summed E-state index contributed by atoms with van der Waals surface area (Å²) < 4.78 is 26.6. The number of amides is 1. The summed E-state index contributed by atoms with van der Waals surface area (Å²) in [6.07, 6.45) is 0. The SMILES string of the molecule is Cc1sc(Br)cc1S(=O)(=O)N(C)CC(=O)NCC(C)C. The molecular weight excluding hydrogens is 364 g/mol. The number of likely N-dealkylation sites (N-methyl/N-ethyl adjacent to an activating group) is 1. The number of carbonyl (C=O) groups is 1. The van der Waals surface area contributed by atoms with E-state index in [-0.39, 0.29) is 17.3 Å². The van der Waals surface area contributed by atoms with Crippen molar-refractivity contribution in [3.63, 3.8) is 0 Å². The molecule has 0 spiro atoms. The third kappa shape index (κ3) is 4.54. The predicted molar refractivity (Wildman–Crippen MR) is 84.4 cm³/mol. The van der Waals surface area contributed by atoms with Crippen molar-refractivity contribution in [2.45, 2.75) is 25.7 Å². The molecule has 1 rings (SSSR count). The first kappa shape index (κ1) is 17.6. The highest BCUT2D eigenvalue weighted by Crippen LogP contribution is 2.31. The second-order valence-corrected chi connectivity index (χ2v) is 9.58. The molecule has 5 nitrogen and oxygen atoms in total. The van der Waals surface area contributed by atoms with Gasteiger partial charge in [0.15, 0.2) is 0 Å². The molecule has 1 aromatic rings. The maximum absolute atomic E-state index is 12.4. The van der Waals surface area contributed by atoms with Crippen LogP contribution in [0, 0.1) is 12.8 Å². The Morgan fingerprint density at radius 1 is 1.50 bits per heavy atom. The number of sulfonamides is 1. The summed E-state index contributed by atoms with van der Waals surface area (Å²) in [6, 6.07) is 1.57. The van der Waals surface area contributed by atoms with Gasteiger partial charge in [-0.2, -0.15) is 4.31 Å². The summed E-state index contributed by atoms with van der Waals surface area (Å²) in [6.45, 7) is 6.06. The topological polar surface area (TPSA) is 66.5 Å². The normalized spacial score (nSPS) is 12.2. The number of aryl methyl sites for hydroxylation is 1. The minimum absolute atomic E-state index is 0.179. The van der Waals surface area contributed by atoms with E-state index in [0.29, 0.717) is 17.3 Å². The smallest absolute Gasteiger partial charge is 0.244 e. The van der Waals surface area contributed by atoms with Gasteiger partial charge in [0.2, 0.25) is 15.9 Å². The Hall–Kier alpha value is -0.440. The lowest BCUT2D eigenvalue weighted by Gasteiger charge is -2.17. The molecule has 114 valence electrons. The summed E-state index contributed by atoms with van der Waals surface area (Å²) in [5.74, 6) is 0.0349. The quantitative estimate of drug-likeness (QED) is 0.819. The average molecular weight is 383 g/mol. The van der Waals surface area contributed by atoms with Crippen LogP contribution in [0.2, 0.25) is 0 Å². The molecule has 20 heavy (non-hydrogen) atoms. The van der Waals surface area contributed by atoms with Crippen LogP contribution in [0.1, 0.15) is 18.7 Å². The second kappa shape index (κ2) is 7.02. The maximum Gasteiger partial charge on any atom is 0.244 e. The summed E-state index contributed by atoms with van der Waals surface area (Å²) in [7, 11) is -2.22. The van der Waals surface area contributed by atoms with Crippen LogP contribution in [-0.2, 0) is 14.8 Å². The predicted octanol–water partition coefficient (Wildman–Crippen LogP) is 2.21. The van der Waals surface area contributed by atoms with Gasteiger partial charge in [-0.1, -0.05) is 13.8 Å². The Bertz CT molecular complexity index is 582. The van der Waals surface area contributed by atoms with E-state index in [2.05, 4.69) is 21.2 Å². The molecule has 0 radical (unpaired) electrons. The van der Waals surface area contributed by atoms with E-state index in [1.165, 1.54) is 18.4 Å². The van der Waals surface area contributed by atoms with Gasteiger partial charge in [-0.05, 0) is 34.8 Å². The standard InChI is InChI=1S/C12H19BrN2O3S2/c1-8(2)6-14-12(16)7-15(4)20(17,18)10-5-11(13)19-9(10)3/h5,8H,6-7H2,1-4H3,(H,14,16). The minimum Gasteiger partial charge on any atom is -0.355 e. The van der Waals surface area contributed by atoms with Crippen LogP contribution in [0.15, 0.2) is 14.7 Å². The van der Waals surface area contributed by atoms with E-state index >= 15 is 0 Å². The van der Waals surface area contributed by atoms with Gasteiger partial charge in [0.25, 0.3) is 0 Å². The van der Waals surface area contributed by atoms with E-state index in [4.69, 9.17) is 0 Å². The zero-order chi connectivity index (χ0) is 15.5. The van der Waals surface area contributed by atoms with Crippen LogP contribution in [-0.4, -0.2) is 38.8 Å². The fourth-order valence-corrected chi connectivity index (χ4v) is 5.02. The molecule has 0 bridgehead atoms. The molecular formula is C12H19BrN2O3S2. The van der Waals surface area contributed by atoms with E-state index < -0.39 is 10.0 Å². The zero-order valence-corrected chi connectivity index (χ0v) is 15.2. The Kier molecular flexibility index (Phi) is 6.18. The third-order valence-corrected chi connectivity index (χ3v) is 6.22.